The van der Waals surface area contributed by atoms with Gasteiger partial charge in [-0.2, -0.15) is 0 Å². The van der Waals surface area contributed by atoms with Crippen molar-refractivity contribution in [2.45, 2.75) is 25.3 Å². The number of halogens is 1. The van der Waals surface area contributed by atoms with Crippen LogP contribution in [0.15, 0.2) is 23.2 Å². The minimum absolute atomic E-state index is 0.591. The van der Waals surface area contributed by atoms with Crippen molar-refractivity contribution in [3.8, 4) is 5.75 Å². The second-order valence-electron chi connectivity index (χ2n) is 4.79. The van der Waals surface area contributed by atoms with Crippen LogP contribution in [-0.4, -0.2) is 37.6 Å². The van der Waals surface area contributed by atoms with Gasteiger partial charge in [-0.3, -0.25) is 4.99 Å². The number of hydrogen-bond acceptors (Lipinski definition) is 2. The monoisotopic (exact) mass is 281 g/mol. The van der Waals surface area contributed by atoms with E-state index in [1.165, 1.54) is 12.8 Å². The van der Waals surface area contributed by atoms with Gasteiger partial charge in [0.25, 0.3) is 0 Å². The molecule has 104 valence electrons. The van der Waals surface area contributed by atoms with Crippen molar-refractivity contribution in [2.75, 3.05) is 20.7 Å². The first-order valence-corrected chi connectivity index (χ1v) is 6.84. The lowest BCUT2D eigenvalue weighted by Gasteiger charge is -2.16. The van der Waals surface area contributed by atoms with Crippen LogP contribution in [0.5, 0.6) is 5.75 Å². The molecule has 0 bridgehead atoms. The summed E-state index contributed by atoms with van der Waals surface area (Å²) in [5.74, 6) is 1.39. The van der Waals surface area contributed by atoms with Crippen LogP contribution in [0.3, 0.4) is 0 Å². The molecule has 0 radical (unpaired) electrons. The zero-order valence-electron chi connectivity index (χ0n) is 11.4. The van der Waals surface area contributed by atoms with E-state index in [2.05, 4.69) is 9.89 Å². The molecule has 0 aliphatic heterocycles. The van der Waals surface area contributed by atoms with Crippen molar-refractivity contribution in [3.63, 3.8) is 0 Å². The third-order valence-corrected chi connectivity index (χ3v) is 3.72. The predicted octanol–water partition coefficient (Wildman–Crippen LogP) is 2.30. The molecular formula is C14H20ClN3O. The normalized spacial score (nSPS) is 15.4. The lowest BCUT2D eigenvalue weighted by Crippen LogP contribution is -2.35. The van der Waals surface area contributed by atoms with Gasteiger partial charge in [-0.15, -0.1) is 0 Å². The van der Waals surface area contributed by atoms with Gasteiger partial charge in [-0.1, -0.05) is 17.7 Å². The molecule has 0 heterocycles. The Balaban J connectivity index is 1.89. The summed E-state index contributed by atoms with van der Waals surface area (Å²) in [6.07, 6.45) is 3.22. The fraction of sp³-hybridized carbons (Fsp3) is 0.500. The van der Waals surface area contributed by atoms with E-state index in [9.17, 15) is 0 Å². The van der Waals surface area contributed by atoms with Crippen LogP contribution >= 0.6 is 11.6 Å². The second-order valence-corrected chi connectivity index (χ2v) is 5.20. The minimum atomic E-state index is 0.591. The fourth-order valence-electron chi connectivity index (χ4n) is 1.91. The van der Waals surface area contributed by atoms with Gasteiger partial charge in [-0.25, -0.2) is 0 Å². The maximum absolute atomic E-state index is 6.18. The van der Waals surface area contributed by atoms with Gasteiger partial charge in [0.15, 0.2) is 5.96 Å². The van der Waals surface area contributed by atoms with Gasteiger partial charge in [0.05, 0.1) is 7.11 Å². The van der Waals surface area contributed by atoms with E-state index in [1.807, 2.05) is 25.2 Å². The van der Waals surface area contributed by atoms with E-state index >= 15 is 0 Å². The van der Waals surface area contributed by atoms with Crippen LogP contribution in [0.2, 0.25) is 5.02 Å². The Labute approximate surface area is 119 Å². The van der Waals surface area contributed by atoms with Gasteiger partial charge < -0.3 is 15.4 Å². The van der Waals surface area contributed by atoms with Gasteiger partial charge in [0, 0.05) is 24.7 Å². The lowest BCUT2D eigenvalue weighted by atomic mass is 10.1. The second kappa shape index (κ2) is 6.15. The number of benzene rings is 1. The molecule has 0 unspecified atom stereocenters. The number of hydrogen-bond donors (Lipinski definition) is 1. The Morgan fingerprint density at radius 2 is 2.26 bits per heavy atom. The number of nitrogens with two attached hydrogens (primary N) is 1. The van der Waals surface area contributed by atoms with E-state index < -0.39 is 0 Å². The molecule has 1 fully saturated rings. The highest BCUT2D eigenvalue weighted by atomic mass is 35.5. The van der Waals surface area contributed by atoms with Crippen LogP contribution in [0.4, 0.5) is 0 Å². The molecule has 0 aromatic heterocycles. The van der Waals surface area contributed by atoms with E-state index in [1.54, 1.807) is 7.11 Å². The number of methoxy groups -OCH3 is 1. The summed E-state index contributed by atoms with van der Waals surface area (Å²) in [5, 5.41) is 0.712. The molecule has 1 aliphatic rings. The number of rotatable bonds is 5. The summed E-state index contributed by atoms with van der Waals surface area (Å²) >= 11 is 6.18. The van der Waals surface area contributed by atoms with Crippen molar-refractivity contribution < 1.29 is 4.74 Å². The first-order valence-electron chi connectivity index (χ1n) is 6.47. The third-order valence-electron chi connectivity index (χ3n) is 3.37. The largest absolute Gasteiger partial charge is 0.497 e. The summed E-state index contributed by atoms with van der Waals surface area (Å²) in [6.45, 7) is 0.648. The van der Waals surface area contributed by atoms with Gasteiger partial charge in [0.2, 0.25) is 0 Å². The smallest absolute Gasteiger partial charge is 0.191 e. The Hall–Kier alpha value is -1.42. The van der Waals surface area contributed by atoms with E-state index in [4.69, 9.17) is 22.1 Å². The molecule has 0 saturated heterocycles. The highest BCUT2D eigenvalue weighted by molar-refractivity contribution is 6.31. The summed E-state index contributed by atoms with van der Waals surface area (Å²) in [4.78, 5) is 6.45. The summed E-state index contributed by atoms with van der Waals surface area (Å²) < 4.78 is 5.12. The molecule has 4 nitrogen and oxygen atoms in total. The highest BCUT2D eigenvalue weighted by Crippen LogP contribution is 2.25. The average molecular weight is 282 g/mol. The first kappa shape index (κ1) is 14.0. The fourth-order valence-corrected chi connectivity index (χ4v) is 2.17. The zero-order chi connectivity index (χ0) is 13.8. The topological polar surface area (TPSA) is 50.9 Å². The molecule has 5 heteroatoms. The van der Waals surface area contributed by atoms with Crippen LogP contribution in [0.25, 0.3) is 0 Å². The summed E-state index contributed by atoms with van der Waals surface area (Å²) in [6, 6.07) is 6.29. The van der Waals surface area contributed by atoms with E-state index in [-0.39, 0.29) is 0 Å². The van der Waals surface area contributed by atoms with E-state index in [0.717, 1.165) is 17.7 Å². The lowest BCUT2D eigenvalue weighted by molar-refractivity contribution is 0.414. The van der Waals surface area contributed by atoms with Crippen molar-refractivity contribution in [1.29, 1.82) is 0 Å². The summed E-state index contributed by atoms with van der Waals surface area (Å²) in [5.41, 5.74) is 6.99. The predicted molar refractivity (Wildman–Crippen MR) is 79.0 cm³/mol. The number of nitrogens with zero attached hydrogens (tertiary/aromatic N) is 2. The molecule has 1 aromatic rings. The molecule has 0 spiro atoms. The SMILES string of the molecule is COc1ccc(CCN=C(N)N(C)C2CC2)c(Cl)c1. The Morgan fingerprint density at radius 1 is 1.53 bits per heavy atom. The number of guanidine groups is 1. The van der Waals surface area contributed by atoms with Crippen LogP contribution < -0.4 is 10.5 Å². The number of aliphatic imine (C=N–C) groups is 1. The molecule has 1 aliphatic carbocycles. The van der Waals surface area contributed by atoms with Gasteiger partial charge in [-0.05, 0) is 37.0 Å². The van der Waals surface area contributed by atoms with Crippen LogP contribution in [0.1, 0.15) is 18.4 Å². The molecule has 1 saturated carbocycles. The number of ether oxygens (including phenoxy) is 1. The van der Waals surface area contributed by atoms with Crippen molar-refractivity contribution >= 4 is 17.6 Å². The highest BCUT2D eigenvalue weighted by Gasteiger charge is 2.27. The Bertz CT molecular complexity index is 472. The Morgan fingerprint density at radius 3 is 2.84 bits per heavy atom. The maximum atomic E-state index is 6.18. The van der Waals surface area contributed by atoms with Crippen LogP contribution in [-0.2, 0) is 6.42 Å². The minimum Gasteiger partial charge on any atom is -0.497 e. The third kappa shape index (κ3) is 3.77. The molecule has 2 N–H and O–H groups in total. The molecule has 19 heavy (non-hydrogen) atoms. The summed E-state index contributed by atoms with van der Waals surface area (Å²) in [7, 11) is 3.63. The van der Waals surface area contributed by atoms with Crippen molar-refractivity contribution in [1.82, 2.24) is 4.90 Å². The Kier molecular flexibility index (Phi) is 4.53. The molecule has 0 atom stereocenters. The van der Waals surface area contributed by atoms with Crippen molar-refractivity contribution in [3.05, 3.63) is 28.8 Å². The molecular weight excluding hydrogens is 262 g/mol. The molecule has 2 rings (SSSR count). The average Bonchev–Trinajstić information content (AvgIpc) is 3.23. The molecule has 1 aromatic carbocycles. The standard InChI is InChI=1S/C14H20ClN3O/c1-18(11-4-5-11)14(16)17-8-7-10-3-6-12(19-2)9-13(10)15/h3,6,9,11H,4-5,7-8H2,1-2H3,(H2,16,17). The van der Waals surface area contributed by atoms with Gasteiger partial charge in [0.1, 0.15) is 5.75 Å². The van der Waals surface area contributed by atoms with Gasteiger partial charge >= 0.3 is 0 Å². The van der Waals surface area contributed by atoms with Crippen molar-refractivity contribution in [2.24, 2.45) is 10.7 Å². The van der Waals surface area contributed by atoms with E-state index in [0.29, 0.717) is 23.6 Å². The quantitative estimate of drug-likeness (QED) is 0.665. The maximum Gasteiger partial charge on any atom is 0.191 e. The zero-order valence-corrected chi connectivity index (χ0v) is 12.2. The molecule has 0 amide bonds. The van der Waals surface area contributed by atoms with Crippen LogP contribution in [0, 0.1) is 0 Å². The first-order chi connectivity index (χ1) is 9.11.